The Hall–Kier alpha value is -1.82. The zero-order chi connectivity index (χ0) is 13.7. The Morgan fingerprint density at radius 1 is 1.47 bits per heavy atom. The molecule has 19 heavy (non-hydrogen) atoms. The lowest BCUT2D eigenvalue weighted by Crippen LogP contribution is -2.24. The number of H-pyrrole nitrogens is 1. The van der Waals surface area contributed by atoms with Crippen LogP contribution in [0, 0.1) is 0 Å². The topological polar surface area (TPSA) is 75.6 Å². The first-order valence-electron chi connectivity index (χ1n) is 6.19. The molecule has 0 spiro atoms. The summed E-state index contributed by atoms with van der Waals surface area (Å²) in [5.74, 6) is 0. The molecule has 0 aliphatic heterocycles. The van der Waals surface area contributed by atoms with E-state index >= 15 is 0 Å². The van der Waals surface area contributed by atoms with Crippen molar-refractivity contribution in [3.63, 3.8) is 0 Å². The third-order valence-corrected chi connectivity index (χ3v) is 3.11. The van der Waals surface area contributed by atoms with Crippen molar-refractivity contribution in [2.75, 3.05) is 5.32 Å². The fourth-order valence-electron chi connectivity index (χ4n) is 1.63. The number of anilines is 1. The van der Waals surface area contributed by atoms with Crippen molar-refractivity contribution >= 4 is 17.3 Å². The van der Waals surface area contributed by atoms with Gasteiger partial charge in [-0.3, -0.25) is 9.89 Å². The van der Waals surface area contributed by atoms with Crippen molar-refractivity contribution < 1.29 is 0 Å². The summed E-state index contributed by atoms with van der Waals surface area (Å²) in [4.78, 5) is 12.0. The molecular formula is C12H16ClN5O. The first-order valence-corrected chi connectivity index (χ1v) is 6.57. The van der Waals surface area contributed by atoms with Gasteiger partial charge in [-0.25, -0.2) is 4.68 Å². The first-order chi connectivity index (χ1) is 9.22. The van der Waals surface area contributed by atoms with E-state index in [0.717, 1.165) is 18.4 Å². The summed E-state index contributed by atoms with van der Waals surface area (Å²) in [5.41, 5.74) is 1.26. The Morgan fingerprint density at radius 3 is 3.00 bits per heavy atom. The number of aromatic amines is 1. The van der Waals surface area contributed by atoms with E-state index in [9.17, 15) is 4.79 Å². The van der Waals surface area contributed by atoms with Crippen LogP contribution in [0.5, 0.6) is 0 Å². The maximum absolute atomic E-state index is 12.0. The highest BCUT2D eigenvalue weighted by atomic mass is 35.5. The number of nitrogens with one attached hydrogen (secondary N) is 2. The lowest BCUT2D eigenvalue weighted by Gasteiger charge is -2.09. The van der Waals surface area contributed by atoms with Crippen LogP contribution in [0.25, 0.3) is 0 Å². The number of halogens is 1. The summed E-state index contributed by atoms with van der Waals surface area (Å²) in [5, 5.41) is 13.9. The Bertz CT molecular complexity index is 578. The van der Waals surface area contributed by atoms with Crippen LogP contribution in [0.2, 0.25) is 5.02 Å². The second-order valence-electron chi connectivity index (χ2n) is 4.21. The van der Waals surface area contributed by atoms with E-state index in [1.54, 1.807) is 18.6 Å². The van der Waals surface area contributed by atoms with Crippen LogP contribution < -0.4 is 10.9 Å². The molecule has 0 aromatic carbocycles. The third kappa shape index (κ3) is 3.35. The molecule has 7 heteroatoms. The van der Waals surface area contributed by atoms with E-state index in [1.165, 1.54) is 4.68 Å². The van der Waals surface area contributed by atoms with Gasteiger partial charge in [0, 0.05) is 24.8 Å². The number of hydrogen-bond acceptors (Lipinski definition) is 4. The molecule has 0 aliphatic rings. The predicted molar refractivity (Wildman–Crippen MR) is 74.3 cm³/mol. The van der Waals surface area contributed by atoms with Crippen LogP contribution in [0.3, 0.4) is 0 Å². The van der Waals surface area contributed by atoms with E-state index < -0.39 is 0 Å². The van der Waals surface area contributed by atoms with Crippen molar-refractivity contribution in [2.24, 2.45) is 0 Å². The Labute approximate surface area is 115 Å². The molecule has 0 saturated carbocycles. The van der Waals surface area contributed by atoms with Gasteiger partial charge in [0.1, 0.15) is 5.02 Å². The summed E-state index contributed by atoms with van der Waals surface area (Å²) in [6, 6.07) is 0. The van der Waals surface area contributed by atoms with Crippen molar-refractivity contribution in [1.29, 1.82) is 0 Å². The minimum absolute atomic E-state index is 0.176. The quantitative estimate of drug-likeness (QED) is 0.849. The van der Waals surface area contributed by atoms with E-state index in [2.05, 4.69) is 27.5 Å². The number of rotatable bonds is 6. The lowest BCUT2D eigenvalue weighted by atomic mass is 10.3. The van der Waals surface area contributed by atoms with Gasteiger partial charge in [-0.1, -0.05) is 24.9 Å². The van der Waals surface area contributed by atoms with Crippen LogP contribution in [0.1, 0.15) is 25.3 Å². The van der Waals surface area contributed by atoms with Crippen molar-refractivity contribution in [3.05, 3.63) is 39.5 Å². The zero-order valence-corrected chi connectivity index (χ0v) is 11.4. The fraction of sp³-hybridized carbons (Fsp3) is 0.417. The highest BCUT2D eigenvalue weighted by Crippen LogP contribution is 2.16. The maximum atomic E-state index is 12.0. The average molecular weight is 282 g/mol. The molecule has 6 nitrogen and oxygen atoms in total. The molecule has 0 radical (unpaired) electrons. The summed E-state index contributed by atoms with van der Waals surface area (Å²) >= 11 is 6.06. The molecule has 0 aliphatic carbocycles. The van der Waals surface area contributed by atoms with Gasteiger partial charge in [-0.2, -0.15) is 10.2 Å². The second kappa shape index (κ2) is 6.38. The van der Waals surface area contributed by atoms with Gasteiger partial charge < -0.3 is 5.32 Å². The van der Waals surface area contributed by atoms with Crippen LogP contribution in [-0.4, -0.2) is 20.0 Å². The predicted octanol–water partition coefficient (Wildman–Crippen LogP) is 2.03. The van der Waals surface area contributed by atoms with Crippen molar-refractivity contribution in [3.8, 4) is 0 Å². The Kier molecular flexibility index (Phi) is 4.57. The smallest absolute Gasteiger partial charge is 0.287 e. The summed E-state index contributed by atoms with van der Waals surface area (Å²) < 4.78 is 1.40. The van der Waals surface area contributed by atoms with Crippen LogP contribution >= 0.6 is 11.6 Å². The van der Waals surface area contributed by atoms with Crippen LogP contribution in [-0.2, 0) is 13.1 Å². The lowest BCUT2D eigenvalue weighted by molar-refractivity contribution is 0.543. The van der Waals surface area contributed by atoms with Gasteiger partial charge in [0.25, 0.3) is 5.56 Å². The average Bonchev–Trinajstić information content (AvgIpc) is 2.92. The normalized spacial score (nSPS) is 10.6. The van der Waals surface area contributed by atoms with Gasteiger partial charge in [-0.05, 0) is 6.42 Å². The van der Waals surface area contributed by atoms with Crippen LogP contribution in [0.15, 0.2) is 23.4 Å². The molecular weight excluding hydrogens is 266 g/mol. The molecule has 2 aromatic rings. The fourth-order valence-corrected chi connectivity index (χ4v) is 1.84. The first kappa shape index (κ1) is 13.6. The van der Waals surface area contributed by atoms with Crippen LogP contribution in [0.4, 0.5) is 5.69 Å². The third-order valence-electron chi connectivity index (χ3n) is 2.75. The van der Waals surface area contributed by atoms with Gasteiger partial charge >= 0.3 is 0 Å². The standard InChI is InChI=1S/C12H16ClN5O/c1-2-3-4-18-12(19)11(13)10(8-17-18)14-5-9-6-15-16-7-9/h6-8,14H,2-5H2,1H3,(H,15,16). The van der Waals surface area contributed by atoms with E-state index in [-0.39, 0.29) is 10.6 Å². The van der Waals surface area contributed by atoms with Crippen molar-refractivity contribution in [2.45, 2.75) is 32.9 Å². The van der Waals surface area contributed by atoms with Crippen molar-refractivity contribution in [1.82, 2.24) is 20.0 Å². The molecule has 102 valence electrons. The summed E-state index contributed by atoms with van der Waals surface area (Å²) in [6.07, 6.45) is 6.98. The molecule has 0 amide bonds. The SMILES string of the molecule is CCCCn1ncc(NCc2cn[nH]c2)c(Cl)c1=O. The van der Waals surface area contributed by atoms with E-state index in [1.807, 2.05) is 0 Å². The van der Waals surface area contributed by atoms with E-state index in [0.29, 0.717) is 18.8 Å². The molecule has 0 unspecified atom stereocenters. The molecule has 2 N–H and O–H groups in total. The number of aryl methyl sites for hydroxylation is 1. The number of unbranched alkanes of at least 4 members (excludes halogenated alkanes) is 1. The second-order valence-corrected chi connectivity index (χ2v) is 4.59. The number of hydrogen-bond donors (Lipinski definition) is 2. The van der Waals surface area contributed by atoms with Gasteiger partial charge in [0.2, 0.25) is 0 Å². The molecule has 0 saturated heterocycles. The Morgan fingerprint density at radius 2 is 2.32 bits per heavy atom. The number of nitrogens with zero attached hydrogens (tertiary/aromatic N) is 3. The monoisotopic (exact) mass is 281 g/mol. The van der Waals surface area contributed by atoms with E-state index in [4.69, 9.17) is 11.6 Å². The largest absolute Gasteiger partial charge is 0.378 e. The number of aromatic nitrogens is 4. The van der Waals surface area contributed by atoms with Gasteiger partial charge in [-0.15, -0.1) is 0 Å². The summed E-state index contributed by atoms with van der Waals surface area (Å²) in [6.45, 7) is 3.20. The highest BCUT2D eigenvalue weighted by Gasteiger charge is 2.08. The molecule has 0 bridgehead atoms. The Balaban J connectivity index is 2.09. The molecule has 2 heterocycles. The maximum Gasteiger partial charge on any atom is 0.287 e. The molecule has 0 fully saturated rings. The zero-order valence-electron chi connectivity index (χ0n) is 10.7. The minimum Gasteiger partial charge on any atom is -0.378 e. The summed E-state index contributed by atoms with van der Waals surface area (Å²) in [7, 11) is 0. The minimum atomic E-state index is -0.257. The molecule has 2 rings (SSSR count). The molecule has 0 atom stereocenters. The van der Waals surface area contributed by atoms with Gasteiger partial charge in [0.15, 0.2) is 0 Å². The molecule has 2 aromatic heterocycles. The highest BCUT2D eigenvalue weighted by molar-refractivity contribution is 6.32. The van der Waals surface area contributed by atoms with Gasteiger partial charge in [0.05, 0.1) is 18.1 Å².